The van der Waals surface area contributed by atoms with E-state index >= 15 is 0 Å². The summed E-state index contributed by atoms with van der Waals surface area (Å²) in [6.45, 7) is 3.95. The molecule has 0 aliphatic heterocycles. The second kappa shape index (κ2) is 6.25. The van der Waals surface area contributed by atoms with Crippen LogP contribution in [0.25, 0.3) is 0 Å². The van der Waals surface area contributed by atoms with Gasteiger partial charge in [-0.05, 0) is 24.5 Å². The number of aromatic hydroxyl groups is 1. The predicted molar refractivity (Wildman–Crippen MR) is 65.9 cm³/mol. The van der Waals surface area contributed by atoms with E-state index in [0.29, 0.717) is 12.3 Å². The molecule has 4 heteroatoms. The van der Waals surface area contributed by atoms with Crippen molar-refractivity contribution in [2.75, 3.05) is 6.61 Å². The molecule has 17 heavy (non-hydrogen) atoms. The minimum Gasteiger partial charge on any atom is -0.507 e. The highest BCUT2D eigenvalue weighted by Crippen LogP contribution is 2.15. The lowest BCUT2D eigenvalue weighted by molar-refractivity contribution is 0.0905. The molecule has 0 radical (unpaired) electrons. The lowest BCUT2D eigenvalue weighted by atomic mass is 10.0. The minimum atomic E-state index is -0.359. The van der Waals surface area contributed by atoms with Crippen molar-refractivity contribution in [1.29, 1.82) is 0 Å². The average molecular weight is 237 g/mol. The van der Waals surface area contributed by atoms with Gasteiger partial charge in [-0.15, -0.1) is 0 Å². The maximum atomic E-state index is 11.8. The molecule has 1 rings (SSSR count). The van der Waals surface area contributed by atoms with Gasteiger partial charge in [0.25, 0.3) is 5.91 Å². The summed E-state index contributed by atoms with van der Waals surface area (Å²) >= 11 is 0. The van der Waals surface area contributed by atoms with E-state index in [-0.39, 0.29) is 29.9 Å². The Balaban J connectivity index is 2.68. The van der Waals surface area contributed by atoms with Gasteiger partial charge >= 0.3 is 0 Å². The topological polar surface area (TPSA) is 69.6 Å². The Morgan fingerprint density at radius 1 is 1.35 bits per heavy atom. The highest BCUT2D eigenvalue weighted by atomic mass is 16.3. The number of hydrogen-bond donors (Lipinski definition) is 3. The highest BCUT2D eigenvalue weighted by molar-refractivity contribution is 5.96. The molecule has 3 N–H and O–H groups in total. The van der Waals surface area contributed by atoms with Crippen LogP contribution in [0.15, 0.2) is 24.3 Å². The van der Waals surface area contributed by atoms with Gasteiger partial charge in [0, 0.05) is 0 Å². The van der Waals surface area contributed by atoms with Crippen LogP contribution in [0.5, 0.6) is 5.75 Å². The van der Waals surface area contributed by atoms with Gasteiger partial charge in [-0.2, -0.15) is 0 Å². The van der Waals surface area contributed by atoms with Crippen molar-refractivity contribution in [1.82, 2.24) is 5.32 Å². The second-order valence-corrected chi connectivity index (χ2v) is 4.50. The number of aliphatic hydroxyl groups excluding tert-OH is 1. The number of carbonyl (C=O) groups excluding carboxylic acids is 1. The highest BCUT2D eigenvalue weighted by Gasteiger charge is 2.16. The fourth-order valence-electron chi connectivity index (χ4n) is 1.68. The van der Waals surface area contributed by atoms with Crippen molar-refractivity contribution in [3.63, 3.8) is 0 Å². The SMILES string of the molecule is CC(C)CC(CO)NC(=O)c1ccccc1O. The predicted octanol–water partition coefficient (Wildman–Crippen LogP) is 1.53. The molecule has 0 aliphatic carbocycles. The van der Waals surface area contributed by atoms with Crippen LogP contribution >= 0.6 is 0 Å². The molecule has 0 aromatic heterocycles. The fourth-order valence-corrected chi connectivity index (χ4v) is 1.68. The van der Waals surface area contributed by atoms with E-state index in [1.165, 1.54) is 6.07 Å². The Kier molecular flexibility index (Phi) is 4.97. The van der Waals surface area contributed by atoms with E-state index in [1.807, 2.05) is 13.8 Å². The van der Waals surface area contributed by atoms with Crippen molar-refractivity contribution < 1.29 is 15.0 Å². The van der Waals surface area contributed by atoms with E-state index in [9.17, 15) is 9.90 Å². The molecule has 0 bridgehead atoms. The monoisotopic (exact) mass is 237 g/mol. The molecular formula is C13H19NO3. The number of nitrogens with one attached hydrogen (secondary N) is 1. The smallest absolute Gasteiger partial charge is 0.255 e. The fraction of sp³-hybridized carbons (Fsp3) is 0.462. The number of benzene rings is 1. The van der Waals surface area contributed by atoms with Crippen LogP contribution in [-0.2, 0) is 0 Å². The van der Waals surface area contributed by atoms with Gasteiger partial charge in [0.15, 0.2) is 0 Å². The van der Waals surface area contributed by atoms with Crippen molar-refractivity contribution in [2.45, 2.75) is 26.3 Å². The van der Waals surface area contributed by atoms with Crippen LogP contribution in [0.3, 0.4) is 0 Å². The first kappa shape index (κ1) is 13.5. The molecule has 1 atom stereocenters. The summed E-state index contributed by atoms with van der Waals surface area (Å²) in [7, 11) is 0. The van der Waals surface area contributed by atoms with Gasteiger partial charge in [-0.1, -0.05) is 26.0 Å². The number of phenols is 1. The molecule has 94 valence electrons. The summed E-state index contributed by atoms with van der Waals surface area (Å²) in [4.78, 5) is 11.8. The van der Waals surface area contributed by atoms with E-state index in [4.69, 9.17) is 5.11 Å². The third-order valence-corrected chi connectivity index (χ3v) is 2.46. The van der Waals surface area contributed by atoms with Gasteiger partial charge in [-0.25, -0.2) is 0 Å². The summed E-state index contributed by atoms with van der Waals surface area (Å²) in [6, 6.07) is 6.08. The molecule has 0 spiro atoms. The molecule has 0 saturated heterocycles. The Labute approximate surface area is 101 Å². The van der Waals surface area contributed by atoms with Gasteiger partial charge in [0.1, 0.15) is 5.75 Å². The summed E-state index contributed by atoms with van der Waals surface area (Å²) in [5.74, 6) is -0.0224. The van der Waals surface area contributed by atoms with Crippen molar-refractivity contribution in [3.05, 3.63) is 29.8 Å². The third-order valence-electron chi connectivity index (χ3n) is 2.46. The number of para-hydroxylation sites is 1. The van der Waals surface area contributed by atoms with Crippen LogP contribution in [-0.4, -0.2) is 28.8 Å². The molecule has 0 saturated carbocycles. The molecular weight excluding hydrogens is 218 g/mol. The largest absolute Gasteiger partial charge is 0.507 e. The summed E-state index contributed by atoms with van der Waals surface area (Å²) in [5.41, 5.74) is 0.231. The second-order valence-electron chi connectivity index (χ2n) is 4.50. The minimum absolute atomic E-state index is 0.0498. The number of phenolic OH excluding ortho intramolecular Hbond substituents is 1. The maximum Gasteiger partial charge on any atom is 0.255 e. The average Bonchev–Trinajstić information content (AvgIpc) is 2.27. The van der Waals surface area contributed by atoms with E-state index in [0.717, 1.165) is 0 Å². The van der Waals surface area contributed by atoms with Crippen LogP contribution in [0.1, 0.15) is 30.6 Å². The van der Waals surface area contributed by atoms with Gasteiger partial charge in [-0.3, -0.25) is 4.79 Å². The van der Waals surface area contributed by atoms with Crippen LogP contribution < -0.4 is 5.32 Å². The number of hydrogen-bond acceptors (Lipinski definition) is 3. The number of carbonyl (C=O) groups is 1. The Morgan fingerprint density at radius 2 is 2.00 bits per heavy atom. The summed E-state index contributed by atoms with van der Waals surface area (Å²) in [6.07, 6.45) is 0.704. The Morgan fingerprint density at radius 3 is 2.53 bits per heavy atom. The van der Waals surface area contributed by atoms with Crippen LogP contribution in [0.2, 0.25) is 0 Å². The third kappa shape index (κ3) is 4.07. The van der Waals surface area contributed by atoms with Crippen molar-refractivity contribution in [2.24, 2.45) is 5.92 Å². The molecule has 4 nitrogen and oxygen atoms in total. The van der Waals surface area contributed by atoms with E-state index in [1.54, 1.807) is 18.2 Å². The maximum absolute atomic E-state index is 11.8. The molecule has 0 heterocycles. The standard InChI is InChI=1S/C13H19NO3/c1-9(2)7-10(8-15)14-13(17)11-5-3-4-6-12(11)16/h3-6,9-10,15-16H,7-8H2,1-2H3,(H,14,17). The molecule has 0 fully saturated rings. The molecule has 1 aromatic rings. The zero-order valence-electron chi connectivity index (χ0n) is 10.2. The van der Waals surface area contributed by atoms with E-state index in [2.05, 4.69) is 5.32 Å². The number of aliphatic hydroxyl groups is 1. The lowest BCUT2D eigenvalue weighted by Gasteiger charge is -2.18. The normalized spacial score (nSPS) is 12.5. The summed E-state index contributed by atoms with van der Waals surface area (Å²) < 4.78 is 0. The zero-order chi connectivity index (χ0) is 12.8. The van der Waals surface area contributed by atoms with Gasteiger partial charge in [0.2, 0.25) is 0 Å². The van der Waals surface area contributed by atoms with E-state index < -0.39 is 0 Å². The van der Waals surface area contributed by atoms with Crippen LogP contribution in [0.4, 0.5) is 0 Å². The Hall–Kier alpha value is -1.55. The number of amides is 1. The first-order chi connectivity index (χ1) is 8.04. The molecule has 0 aliphatic rings. The van der Waals surface area contributed by atoms with Crippen molar-refractivity contribution in [3.8, 4) is 5.75 Å². The quantitative estimate of drug-likeness (QED) is 0.727. The molecule has 1 amide bonds. The first-order valence-corrected chi connectivity index (χ1v) is 5.74. The van der Waals surface area contributed by atoms with Gasteiger partial charge in [0.05, 0.1) is 18.2 Å². The zero-order valence-corrected chi connectivity index (χ0v) is 10.2. The molecule has 1 aromatic carbocycles. The first-order valence-electron chi connectivity index (χ1n) is 5.74. The summed E-state index contributed by atoms with van der Waals surface area (Å²) in [5, 5.41) is 21.4. The Bertz CT molecular complexity index is 377. The van der Waals surface area contributed by atoms with Gasteiger partial charge < -0.3 is 15.5 Å². The van der Waals surface area contributed by atoms with Crippen molar-refractivity contribution >= 4 is 5.91 Å². The van der Waals surface area contributed by atoms with Crippen LogP contribution in [0, 0.1) is 5.92 Å². The molecule has 1 unspecified atom stereocenters. The lowest BCUT2D eigenvalue weighted by Crippen LogP contribution is -2.38. The number of rotatable bonds is 5.